The first kappa shape index (κ1) is 26.3. The molecule has 1 aromatic rings. The molecule has 0 bridgehead atoms. The van der Waals surface area contributed by atoms with E-state index >= 15 is 0 Å². The predicted octanol–water partition coefficient (Wildman–Crippen LogP) is 3.48. The molecule has 9 N–H and O–H groups in total. The first-order valence-electron chi connectivity index (χ1n) is 11.4. The van der Waals surface area contributed by atoms with Crippen molar-refractivity contribution >= 4 is 17.6 Å². The summed E-state index contributed by atoms with van der Waals surface area (Å²) in [4.78, 5) is 4.37. The van der Waals surface area contributed by atoms with E-state index in [1.165, 1.54) is 25.7 Å². The van der Waals surface area contributed by atoms with Crippen molar-refractivity contribution < 1.29 is 4.74 Å². The molecule has 1 aromatic carbocycles. The molecular formula is C23H41N7O. The van der Waals surface area contributed by atoms with Gasteiger partial charge in [0.05, 0.1) is 12.4 Å². The molecule has 31 heavy (non-hydrogen) atoms. The topological polar surface area (TPSA) is 159 Å². The number of aliphatic imine (C=N–C) groups is 1. The number of nitrogens with zero attached hydrogens (tertiary/aromatic N) is 1. The molecule has 0 aliphatic heterocycles. The average molecular weight is 432 g/mol. The van der Waals surface area contributed by atoms with E-state index in [4.69, 9.17) is 32.8 Å². The fraction of sp³-hybridized carbons (Fsp3) is 0.609. The molecule has 0 spiro atoms. The molecule has 174 valence electrons. The first-order chi connectivity index (χ1) is 15.0. The van der Waals surface area contributed by atoms with Gasteiger partial charge in [0.1, 0.15) is 11.6 Å². The molecule has 0 aliphatic carbocycles. The Balaban J connectivity index is 1.91. The summed E-state index contributed by atoms with van der Waals surface area (Å²) in [6, 6.07) is 7.26. The van der Waals surface area contributed by atoms with Gasteiger partial charge in [-0.2, -0.15) is 0 Å². The van der Waals surface area contributed by atoms with Crippen molar-refractivity contribution in [2.45, 2.75) is 70.6 Å². The molecule has 0 atom stereocenters. The van der Waals surface area contributed by atoms with Crippen LogP contribution < -0.4 is 27.3 Å². The van der Waals surface area contributed by atoms with Gasteiger partial charge in [-0.15, -0.1) is 0 Å². The van der Waals surface area contributed by atoms with Crippen molar-refractivity contribution in [3.63, 3.8) is 0 Å². The molecule has 0 saturated carbocycles. The van der Waals surface area contributed by atoms with E-state index in [-0.39, 0.29) is 5.84 Å². The summed E-state index contributed by atoms with van der Waals surface area (Å²) in [6.45, 7) is 2.26. The van der Waals surface area contributed by atoms with Gasteiger partial charge in [-0.05, 0) is 56.4 Å². The number of guanidine groups is 1. The summed E-state index contributed by atoms with van der Waals surface area (Å²) in [5.74, 6) is 1.69. The standard InChI is InChI=1S/C23H41N7O/c24-21(25)11-7-4-2-1-3-5-8-16-29-23(28)30-17-9-6-10-18-31-20-14-12-19(13-15-20)22(26)27/h12-15H,1-11,16-18H2,(H3,24,25)(H3,26,27)(H3,28,29,30). The lowest BCUT2D eigenvalue weighted by Gasteiger charge is -2.07. The Kier molecular flexibility index (Phi) is 14.4. The highest BCUT2D eigenvalue weighted by Gasteiger charge is 1.98. The van der Waals surface area contributed by atoms with E-state index in [0.717, 1.165) is 63.8 Å². The van der Waals surface area contributed by atoms with Crippen molar-refractivity contribution in [1.29, 1.82) is 10.8 Å². The van der Waals surface area contributed by atoms with Crippen molar-refractivity contribution in [2.75, 3.05) is 19.7 Å². The zero-order valence-electron chi connectivity index (χ0n) is 18.8. The van der Waals surface area contributed by atoms with Crippen LogP contribution in [0.2, 0.25) is 0 Å². The van der Waals surface area contributed by atoms with Crippen molar-refractivity contribution in [3.8, 4) is 5.75 Å². The van der Waals surface area contributed by atoms with Crippen LogP contribution in [0.1, 0.15) is 76.2 Å². The van der Waals surface area contributed by atoms with E-state index in [1.54, 1.807) is 12.1 Å². The molecule has 0 heterocycles. The van der Waals surface area contributed by atoms with Crippen molar-refractivity contribution in [1.82, 2.24) is 5.32 Å². The largest absolute Gasteiger partial charge is 0.494 e. The number of rotatable bonds is 18. The molecule has 0 aromatic heterocycles. The lowest BCUT2D eigenvalue weighted by Crippen LogP contribution is -2.32. The summed E-state index contributed by atoms with van der Waals surface area (Å²) < 4.78 is 5.69. The second-order valence-electron chi connectivity index (χ2n) is 7.79. The normalized spacial score (nSPS) is 11.3. The number of hydrogen-bond acceptors (Lipinski definition) is 4. The fourth-order valence-corrected chi connectivity index (χ4v) is 3.11. The molecule has 0 amide bonds. The minimum Gasteiger partial charge on any atom is -0.494 e. The zero-order chi connectivity index (χ0) is 22.7. The zero-order valence-corrected chi connectivity index (χ0v) is 18.8. The van der Waals surface area contributed by atoms with Crippen LogP contribution in [-0.2, 0) is 0 Å². The van der Waals surface area contributed by atoms with E-state index in [9.17, 15) is 0 Å². The SMILES string of the molecule is N=C(N)CCCCCCCCCNC(N)=NCCCCCOc1ccc(C(=N)N)cc1. The van der Waals surface area contributed by atoms with Crippen LogP contribution in [0.5, 0.6) is 5.75 Å². The molecule has 8 nitrogen and oxygen atoms in total. The number of ether oxygens (including phenoxy) is 1. The maximum atomic E-state index is 7.37. The molecule has 0 aliphatic rings. The first-order valence-corrected chi connectivity index (χ1v) is 11.4. The monoisotopic (exact) mass is 431 g/mol. The second kappa shape index (κ2) is 17.0. The van der Waals surface area contributed by atoms with E-state index < -0.39 is 0 Å². The highest BCUT2D eigenvalue weighted by Crippen LogP contribution is 2.12. The fourth-order valence-electron chi connectivity index (χ4n) is 3.11. The van der Waals surface area contributed by atoms with Crippen molar-refractivity contribution in [2.24, 2.45) is 22.2 Å². The summed E-state index contributed by atoms with van der Waals surface area (Å²) in [5.41, 5.74) is 17.4. The number of nitrogens with one attached hydrogen (secondary N) is 3. The molecule has 0 saturated heterocycles. The minimum atomic E-state index is 0.0644. The van der Waals surface area contributed by atoms with Gasteiger partial charge in [0, 0.05) is 25.1 Å². The highest BCUT2D eigenvalue weighted by atomic mass is 16.5. The van der Waals surface area contributed by atoms with E-state index in [0.29, 0.717) is 24.0 Å². The minimum absolute atomic E-state index is 0.0644. The summed E-state index contributed by atoms with van der Waals surface area (Å²) >= 11 is 0. The molecule has 0 fully saturated rings. The number of benzene rings is 1. The predicted molar refractivity (Wildman–Crippen MR) is 130 cm³/mol. The third-order valence-electron chi connectivity index (χ3n) is 4.95. The molecule has 0 radical (unpaired) electrons. The maximum Gasteiger partial charge on any atom is 0.188 e. The van der Waals surface area contributed by atoms with Crippen LogP contribution in [0.3, 0.4) is 0 Å². The van der Waals surface area contributed by atoms with Gasteiger partial charge < -0.3 is 27.3 Å². The van der Waals surface area contributed by atoms with Crippen molar-refractivity contribution in [3.05, 3.63) is 29.8 Å². The van der Waals surface area contributed by atoms with Crippen LogP contribution >= 0.6 is 0 Å². The number of nitrogens with two attached hydrogens (primary N) is 3. The number of unbranched alkanes of at least 4 members (excludes halogenated alkanes) is 8. The van der Waals surface area contributed by atoms with E-state index in [2.05, 4.69) is 10.3 Å². The van der Waals surface area contributed by atoms with Crippen LogP contribution in [-0.4, -0.2) is 37.3 Å². The average Bonchev–Trinajstić information content (AvgIpc) is 2.74. The van der Waals surface area contributed by atoms with Gasteiger partial charge in [0.25, 0.3) is 0 Å². The van der Waals surface area contributed by atoms with Crippen LogP contribution in [0.4, 0.5) is 0 Å². The Morgan fingerprint density at radius 2 is 1.42 bits per heavy atom. The van der Waals surface area contributed by atoms with Gasteiger partial charge in [-0.1, -0.05) is 32.1 Å². The van der Waals surface area contributed by atoms with Gasteiger partial charge in [0.2, 0.25) is 0 Å². The van der Waals surface area contributed by atoms with Crippen LogP contribution in [0, 0.1) is 10.8 Å². The van der Waals surface area contributed by atoms with Gasteiger partial charge in [-0.25, -0.2) is 0 Å². The Hall–Kier alpha value is -2.77. The van der Waals surface area contributed by atoms with Crippen LogP contribution in [0.15, 0.2) is 29.3 Å². The third kappa shape index (κ3) is 14.8. The Labute approximate surface area is 187 Å². The smallest absolute Gasteiger partial charge is 0.188 e. The Morgan fingerprint density at radius 3 is 2.06 bits per heavy atom. The number of nitrogen functional groups attached to an aromatic ring is 1. The summed E-state index contributed by atoms with van der Waals surface area (Å²) in [6.07, 6.45) is 11.9. The highest BCUT2D eigenvalue weighted by molar-refractivity contribution is 5.94. The van der Waals surface area contributed by atoms with Crippen LogP contribution in [0.25, 0.3) is 0 Å². The second-order valence-corrected chi connectivity index (χ2v) is 7.79. The van der Waals surface area contributed by atoms with E-state index in [1.807, 2.05) is 12.1 Å². The molecule has 0 unspecified atom stereocenters. The molecule has 8 heteroatoms. The van der Waals surface area contributed by atoms with Gasteiger partial charge >= 0.3 is 0 Å². The quantitative estimate of drug-likeness (QED) is 0.119. The third-order valence-corrected chi connectivity index (χ3v) is 4.95. The Bertz CT molecular complexity index is 658. The van der Waals surface area contributed by atoms with Gasteiger partial charge in [0.15, 0.2) is 5.96 Å². The number of amidine groups is 2. The summed E-state index contributed by atoms with van der Waals surface area (Å²) in [5, 5.41) is 17.7. The number of hydrogen-bond donors (Lipinski definition) is 6. The molecule has 1 rings (SSSR count). The molecular weight excluding hydrogens is 390 g/mol. The van der Waals surface area contributed by atoms with Gasteiger partial charge in [-0.3, -0.25) is 15.8 Å². The summed E-state index contributed by atoms with van der Waals surface area (Å²) in [7, 11) is 0. The Morgan fingerprint density at radius 1 is 0.806 bits per heavy atom. The maximum absolute atomic E-state index is 7.37. The lowest BCUT2D eigenvalue weighted by molar-refractivity contribution is 0.305. The lowest BCUT2D eigenvalue weighted by atomic mass is 10.1.